The summed E-state index contributed by atoms with van der Waals surface area (Å²) < 4.78 is 0. The summed E-state index contributed by atoms with van der Waals surface area (Å²) in [5.41, 5.74) is 5.00. The van der Waals surface area contributed by atoms with Crippen LogP contribution in [0.25, 0.3) is 0 Å². The van der Waals surface area contributed by atoms with E-state index < -0.39 is 18.0 Å². The highest BCUT2D eigenvalue weighted by atomic mass is 16.4. The molecule has 0 bridgehead atoms. The van der Waals surface area contributed by atoms with Gasteiger partial charge in [0, 0.05) is 6.42 Å². The lowest BCUT2D eigenvalue weighted by atomic mass is 10.2. The average Bonchev–Trinajstić information content (AvgIpc) is 2.27. The minimum atomic E-state index is -1.17. The fourth-order valence-corrected chi connectivity index (χ4v) is 0.830. The van der Waals surface area contributed by atoms with E-state index in [-0.39, 0.29) is 12.8 Å². The number of hydrogen-bond acceptors (Lipinski definition) is 4. The highest BCUT2D eigenvalue weighted by Gasteiger charge is 2.12. The van der Waals surface area contributed by atoms with E-state index in [1.54, 1.807) is 24.3 Å². The molecular formula is C11H15NO5. The zero-order chi connectivity index (χ0) is 13.3. The Bertz CT molecular complexity index is 352. The van der Waals surface area contributed by atoms with Crippen molar-refractivity contribution in [1.82, 2.24) is 0 Å². The van der Waals surface area contributed by atoms with Crippen molar-refractivity contribution in [3.05, 3.63) is 30.3 Å². The number of aromatic hydroxyl groups is 1. The lowest BCUT2D eigenvalue weighted by Crippen LogP contribution is -2.30. The third-order valence-electron chi connectivity index (χ3n) is 1.74. The van der Waals surface area contributed by atoms with Crippen LogP contribution in [0.3, 0.4) is 0 Å². The van der Waals surface area contributed by atoms with Crippen LogP contribution in [-0.2, 0) is 9.59 Å². The highest BCUT2D eigenvalue weighted by molar-refractivity contribution is 5.74. The van der Waals surface area contributed by atoms with E-state index in [0.29, 0.717) is 5.75 Å². The number of phenols is 1. The summed E-state index contributed by atoms with van der Waals surface area (Å²) in [7, 11) is 0. The van der Waals surface area contributed by atoms with Crippen LogP contribution in [0.15, 0.2) is 30.3 Å². The van der Waals surface area contributed by atoms with Gasteiger partial charge in [0.15, 0.2) is 0 Å². The molecule has 6 nitrogen and oxygen atoms in total. The van der Waals surface area contributed by atoms with Gasteiger partial charge < -0.3 is 21.1 Å². The monoisotopic (exact) mass is 241 g/mol. The molecule has 0 aliphatic rings. The van der Waals surface area contributed by atoms with Gasteiger partial charge in [0.05, 0.1) is 0 Å². The Morgan fingerprint density at radius 3 is 2.00 bits per heavy atom. The molecule has 1 aromatic carbocycles. The number of aliphatic carboxylic acids is 2. The van der Waals surface area contributed by atoms with Crippen molar-refractivity contribution in [2.75, 3.05) is 0 Å². The van der Waals surface area contributed by atoms with Gasteiger partial charge in [-0.25, -0.2) is 0 Å². The number of carbonyl (C=O) groups is 2. The normalized spacial score (nSPS) is 10.9. The number of carboxylic acid groups (broad SMARTS) is 2. The van der Waals surface area contributed by atoms with Gasteiger partial charge in [0.1, 0.15) is 11.8 Å². The van der Waals surface area contributed by atoms with E-state index in [9.17, 15) is 9.59 Å². The third-order valence-corrected chi connectivity index (χ3v) is 1.74. The highest BCUT2D eigenvalue weighted by Crippen LogP contribution is 2.02. The van der Waals surface area contributed by atoms with E-state index in [1.807, 2.05) is 6.07 Å². The topological polar surface area (TPSA) is 121 Å². The van der Waals surface area contributed by atoms with Gasteiger partial charge in [-0.2, -0.15) is 0 Å². The Hall–Kier alpha value is -2.08. The van der Waals surface area contributed by atoms with Gasteiger partial charge in [-0.05, 0) is 18.6 Å². The summed E-state index contributed by atoms with van der Waals surface area (Å²) in [6.45, 7) is 0. The molecule has 0 aliphatic heterocycles. The van der Waals surface area contributed by atoms with Gasteiger partial charge in [-0.15, -0.1) is 0 Å². The number of benzene rings is 1. The molecule has 17 heavy (non-hydrogen) atoms. The maximum absolute atomic E-state index is 9.99. The SMILES string of the molecule is NC(CCC(=O)O)C(=O)O.Oc1ccccc1. The Kier molecular flexibility index (Phi) is 7.12. The molecule has 0 heterocycles. The Balaban J connectivity index is 0.000000318. The molecule has 1 aromatic rings. The number of nitrogens with two attached hydrogens (primary N) is 1. The van der Waals surface area contributed by atoms with Crippen molar-refractivity contribution >= 4 is 11.9 Å². The zero-order valence-electron chi connectivity index (χ0n) is 9.11. The van der Waals surface area contributed by atoms with E-state index in [2.05, 4.69) is 0 Å². The summed E-state index contributed by atoms with van der Waals surface area (Å²) in [6, 6.07) is 7.65. The second-order valence-electron chi connectivity index (χ2n) is 3.21. The molecule has 0 amide bonds. The van der Waals surface area contributed by atoms with Crippen molar-refractivity contribution < 1.29 is 24.9 Å². The number of rotatable bonds is 4. The first-order valence-electron chi connectivity index (χ1n) is 4.87. The van der Waals surface area contributed by atoms with E-state index in [0.717, 1.165) is 0 Å². The molecule has 5 N–H and O–H groups in total. The number of para-hydroxylation sites is 1. The maximum atomic E-state index is 9.99. The van der Waals surface area contributed by atoms with Crippen LogP contribution < -0.4 is 5.73 Å². The van der Waals surface area contributed by atoms with Crippen LogP contribution in [0.5, 0.6) is 5.75 Å². The molecule has 0 aromatic heterocycles. The Morgan fingerprint density at radius 2 is 1.71 bits per heavy atom. The van der Waals surface area contributed by atoms with Crippen LogP contribution in [0.1, 0.15) is 12.8 Å². The molecule has 1 unspecified atom stereocenters. The van der Waals surface area contributed by atoms with E-state index in [4.69, 9.17) is 21.1 Å². The number of carboxylic acids is 2. The first-order chi connectivity index (χ1) is 7.93. The Labute approximate surface area is 98.3 Å². The second-order valence-corrected chi connectivity index (χ2v) is 3.21. The summed E-state index contributed by atoms with van der Waals surface area (Å²) in [4.78, 5) is 19.9. The number of hydrogen-bond donors (Lipinski definition) is 4. The fourth-order valence-electron chi connectivity index (χ4n) is 0.830. The summed E-state index contributed by atoms with van der Waals surface area (Å²) in [5, 5.41) is 24.9. The van der Waals surface area contributed by atoms with Crippen LogP contribution in [-0.4, -0.2) is 33.3 Å². The molecule has 0 saturated heterocycles. The minimum absolute atomic E-state index is 0.0231. The van der Waals surface area contributed by atoms with Crippen LogP contribution >= 0.6 is 0 Å². The predicted molar refractivity (Wildman–Crippen MR) is 60.6 cm³/mol. The summed E-state index contributed by atoms with van der Waals surface area (Å²) in [6.07, 6.45) is -0.224. The zero-order valence-corrected chi connectivity index (χ0v) is 9.11. The van der Waals surface area contributed by atoms with Crippen molar-refractivity contribution in [3.8, 4) is 5.75 Å². The summed E-state index contributed by atoms with van der Waals surface area (Å²) in [5.74, 6) is -1.87. The molecule has 0 aliphatic carbocycles. The van der Waals surface area contributed by atoms with Crippen molar-refractivity contribution in [1.29, 1.82) is 0 Å². The first-order valence-corrected chi connectivity index (χ1v) is 4.87. The van der Waals surface area contributed by atoms with Crippen molar-refractivity contribution in [2.24, 2.45) is 5.73 Å². The van der Waals surface area contributed by atoms with Gasteiger partial charge in [0.2, 0.25) is 0 Å². The smallest absolute Gasteiger partial charge is 0.320 e. The molecule has 1 atom stereocenters. The van der Waals surface area contributed by atoms with Crippen molar-refractivity contribution in [3.63, 3.8) is 0 Å². The lowest BCUT2D eigenvalue weighted by Gasteiger charge is -2.01. The molecule has 0 radical (unpaired) electrons. The van der Waals surface area contributed by atoms with E-state index >= 15 is 0 Å². The third kappa shape index (κ3) is 8.88. The van der Waals surface area contributed by atoms with Crippen LogP contribution in [0.2, 0.25) is 0 Å². The molecule has 0 spiro atoms. The second kappa shape index (κ2) is 8.12. The van der Waals surface area contributed by atoms with Gasteiger partial charge in [-0.3, -0.25) is 9.59 Å². The fraction of sp³-hybridized carbons (Fsp3) is 0.273. The van der Waals surface area contributed by atoms with Crippen LogP contribution in [0, 0.1) is 0 Å². The first kappa shape index (κ1) is 14.9. The predicted octanol–water partition coefficient (Wildman–Crippen LogP) is 0.655. The average molecular weight is 241 g/mol. The summed E-state index contributed by atoms with van der Waals surface area (Å²) >= 11 is 0. The molecule has 6 heteroatoms. The Morgan fingerprint density at radius 1 is 1.18 bits per heavy atom. The van der Waals surface area contributed by atoms with E-state index in [1.165, 1.54) is 0 Å². The molecule has 1 rings (SSSR count). The van der Waals surface area contributed by atoms with Gasteiger partial charge >= 0.3 is 11.9 Å². The lowest BCUT2D eigenvalue weighted by molar-refractivity contribution is -0.139. The quantitative estimate of drug-likeness (QED) is 0.614. The molecule has 0 fully saturated rings. The van der Waals surface area contributed by atoms with Gasteiger partial charge in [-0.1, -0.05) is 18.2 Å². The van der Waals surface area contributed by atoms with Gasteiger partial charge in [0.25, 0.3) is 0 Å². The van der Waals surface area contributed by atoms with Crippen LogP contribution in [0.4, 0.5) is 0 Å². The number of phenolic OH excluding ortho intramolecular Hbond substituents is 1. The van der Waals surface area contributed by atoms with Crippen molar-refractivity contribution in [2.45, 2.75) is 18.9 Å². The minimum Gasteiger partial charge on any atom is -0.508 e. The standard InChI is InChI=1S/C6H6O.C5H9NO4/c7-6-4-2-1-3-5-6;6-3(5(9)10)1-2-4(7)8/h1-5,7H;3H,1-2,6H2,(H,7,8)(H,9,10). The molecule has 94 valence electrons. The largest absolute Gasteiger partial charge is 0.508 e. The molecule has 0 saturated carbocycles. The molecular weight excluding hydrogens is 226 g/mol. The maximum Gasteiger partial charge on any atom is 0.320 e.